The molecule has 0 aromatic rings. The highest BCUT2D eigenvalue weighted by Gasteiger charge is 2.55. The molecule has 1 rings (SSSR count). The van der Waals surface area contributed by atoms with Crippen LogP contribution in [0.3, 0.4) is 0 Å². The first-order chi connectivity index (χ1) is 10.6. The second kappa shape index (κ2) is 7.02. The summed E-state index contributed by atoms with van der Waals surface area (Å²) in [5, 5.41) is 2.68. The van der Waals surface area contributed by atoms with Crippen LogP contribution in [-0.2, 0) is 19.1 Å². The lowest BCUT2D eigenvalue weighted by molar-refractivity contribution is -0.152. The summed E-state index contributed by atoms with van der Waals surface area (Å²) in [7, 11) is 1.26. The number of methoxy groups -OCH3 is 1. The van der Waals surface area contributed by atoms with E-state index in [0.29, 0.717) is 6.42 Å². The van der Waals surface area contributed by atoms with Crippen molar-refractivity contribution in [2.24, 2.45) is 5.92 Å². The number of allylic oxidation sites excluding steroid dienone is 1. The van der Waals surface area contributed by atoms with Gasteiger partial charge in [0.05, 0.1) is 13.7 Å². The maximum atomic E-state index is 12.4. The van der Waals surface area contributed by atoms with E-state index in [9.17, 15) is 14.4 Å². The van der Waals surface area contributed by atoms with Gasteiger partial charge in [-0.3, -0.25) is 4.79 Å². The highest BCUT2D eigenvalue weighted by atomic mass is 16.6. The van der Waals surface area contributed by atoms with Crippen LogP contribution in [0, 0.1) is 5.92 Å². The summed E-state index contributed by atoms with van der Waals surface area (Å²) in [6, 6.07) is 0. The van der Waals surface area contributed by atoms with E-state index in [4.69, 9.17) is 9.47 Å². The molecule has 2 atom stereocenters. The van der Waals surface area contributed by atoms with Crippen LogP contribution in [0.25, 0.3) is 0 Å². The van der Waals surface area contributed by atoms with Gasteiger partial charge in [0.25, 0.3) is 0 Å². The van der Waals surface area contributed by atoms with Crippen molar-refractivity contribution >= 4 is 18.0 Å². The molecule has 1 fully saturated rings. The molecule has 0 aliphatic carbocycles. The predicted molar refractivity (Wildman–Crippen MR) is 84.7 cm³/mol. The largest absolute Gasteiger partial charge is 0.467 e. The van der Waals surface area contributed by atoms with Gasteiger partial charge in [-0.15, -0.1) is 6.58 Å². The molecule has 0 aromatic heterocycles. The van der Waals surface area contributed by atoms with Crippen molar-refractivity contribution in [1.29, 1.82) is 0 Å². The van der Waals surface area contributed by atoms with E-state index in [-0.39, 0.29) is 24.9 Å². The van der Waals surface area contributed by atoms with Gasteiger partial charge in [0.1, 0.15) is 5.60 Å². The average Bonchev–Trinajstić information content (AvgIpc) is 2.76. The minimum Gasteiger partial charge on any atom is -0.467 e. The Morgan fingerprint density at radius 2 is 2.00 bits per heavy atom. The van der Waals surface area contributed by atoms with Crippen LogP contribution in [0.1, 0.15) is 34.1 Å². The maximum absolute atomic E-state index is 12.4. The van der Waals surface area contributed by atoms with Gasteiger partial charge in [0, 0.05) is 19.4 Å². The summed E-state index contributed by atoms with van der Waals surface area (Å²) in [6.45, 7) is 10.6. The number of esters is 1. The SMILES string of the molecule is C=CC[C@H]1CN(C(=O)OC(C)(C)C)C[C@@]1(NC(C)=O)C(=O)OC. The molecule has 7 nitrogen and oxygen atoms in total. The molecule has 0 saturated carbocycles. The van der Waals surface area contributed by atoms with Crippen molar-refractivity contribution in [3.8, 4) is 0 Å². The standard InChI is InChI=1S/C16H26N2O5/c1-7-8-12-9-18(14(21)23-15(3,4)5)10-16(12,13(20)22-6)17-11(2)19/h7,12H,1,8-10H2,2-6H3,(H,17,19)/t12-,16-/m0/s1. The summed E-state index contributed by atoms with van der Waals surface area (Å²) < 4.78 is 10.2. The molecule has 1 saturated heterocycles. The van der Waals surface area contributed by atoms with Crippen LogP contribution in [0.15, 0.2) is 12.7 Å². The first-order valence-corrected chi connectivity index (χ1v) is 7.51. The third kappa shape index (κ3) is 4.46. The lowest BCUT2D eigenvalue weighted by Gasteiger charge is -2.31. The molecular weight excluding hydrogens is 300 g/mol. The Hall–Kier alpha value is -2.05. The van der Waals surface area contributed by atoms with Crippen molar-refractivity contribution in [2.45, 2.75) is 45.3 Å². The minimum atomic E-state index is -1.29. The Kier molecular flexibility index (Phi) is 5.80. The zero-order valence-electron chi connectivity index (χ0n) is 14.5. The molecule has 1 aliphatic rings. The number of nitrogens with one attached hydrogen (secondary N) is 1. The molecule has 0 bridgehead atoms. The molecular formula is C16H26N2O5. The van der Waals surface area contributed by atoms with E-state index in [1.54, 1.807) is 26.8 Å². The van der Waals surface area contributed by atoms with Gasteiger partial charge >= 0.3 is 12.1 Å². The van der Waals surface area contributed by atoms with Crippen LogP contribution >= 0.6 is 0 Å². The second-order valence-electron chi connectivity index (χ2n) is 6.73. The number of hydrogen-bond acceptors (Lipinski definition) is 5. The van der Waals surface area contributed by atoms with E-state index < -0.39 is 23.2 Å². The molecule has 130 valence electrons. The second-order valence-corrected chi connectivity index (χ2v) is 6.73. The molecule has 0 spiro atoms. The zero-order chi connectivity index (χ0) is 17.8. The lowest BCUT2D eigenvalue weighted by atomic mass is 9.84. The van der Waals surface area contributed by atoms with Gasteiger partial charge in [-0.1, -0.05) is 6.08 Å². The van der Waals surface area contributed by atoms with E-state index in [1.165, 1.54) is 18.9 Å². The molecule has 23 heavy (non-hydrogen) atoms. The van der Waals surface area contributed by atoms with Gasteiger partial charge in [0.15, 0.2) is 5.54 Å². The molecule has 0 aromatic carbocycles. The van der Waals surface area contributed by atoms with E-state index in [0.717, 1.165) is 0 Å². The van der Waals surface area contributed by atoms with Gasteiger partial charge in [-0.25, -0.2) is 9.59 Å². The van der Waals surface area contributed by atoms with Crippen LogP contribution in [0.5, 0.6) is 0 Å². The Morgan fingerprint density at radius 1 is 1.39 bits per heavy atom. The van der Waals surface area contributed by atoms with E-state index in [1.807, 2.05) is 0 Å². The van der Waals surface area contributed by atoms with E-state index in [2.05, 4.69) is 11.9 Å². The number of carbonyl (C=O) groups is 3. The van der Waals surface area contributed by atoms with Crippen LogP contribution < -0.4 is 5.32 Å². The first-order valence-electron chi connectivity index (χ1n) is 7.51. The maximum Gasteiger partial charge on any atom is 0.410 e. The summed E-state index contributed by atoms with van der Waals surface area (Å²) in [5.74, 6) is -1.27. The third-order valence-electron chi connectivity index (χ3n) is 3.63. The fourth-order valence-electron chi connectivity index (χ4n) is 2.78. The van der Waals surface area contributed by atoms with E-state index >= 15 is 0 Å². The van der Waals surface area contributed by atoms with Gasteiger partial charge in [-0.2, -0.15) is 0 Å². The molecule has 1 aliphatic heterocycles. The molecule has 0 unspecified atom stereocenters. The normalized spacial score (nSPS) is 24.0. The number of likely N-dealkylation sites (tertiary alicyclic amines) is 1. The number of hydrogen-bond donors (Lipinski definition) is 1. The Balaban J connectivity index is 3.11. The van der Waals surface area contributed by atoms with Crippen molar-refractivity contribution in [3.05, 3.63) is 12.7 Å². The molecule has 1 N–H and O–H groups in total. The first kappa shape index (κ1) is 19.0. The molecule has 0 radical (unpaired) electrons. The summed E-state index contributed by atoms with van der Waals surface area (Å²) in [4.78, 5) is 37.7. The van der Waals surface area contributed by atoms with Crippen LogP contribution in [0.4, 0.5) is 4.79 Å². The predicted octanol–water partition coefficient (Wildman–Crippen LogP) is 1.48. The number of rotatable bonds is 4. The quantitative estimate of drug-likeness (QED) is 0.625. The van der Waals surface area contributed by atoms with Crippen LogP contribution in [-0.4, -0.2) is 54.2 Å². The zero-order valence-corrected chi connectivity index (χ0v) is 14.5. The van der Waals surface area contributed by atoms with Crippen molar-refractivity contribution in [2.75, 3.05) is 20.2 Å². The fourth-order valence-corrected chi connectivity index (χ4v) is 2.78. The monoisotopic (exact) mass is 326 g/mol. The molecule has 7 heteroatoms. The fraction of sp³-hybridized carbons (Fsp3) is 0.688. The summed E-state index contributed by atoms with van der Waals surface area (Å²) in [5.41, 5.74) is -1.93. The minimum absolute atomic E-state index is 0.00662. The van der Waals surface area contributed by atoms with Gasteiger partial charge < -0.3 is 19.7 Å². The highest BCUT2D eigenvalue weighted by molar-refractivity contribution is 5.89. The molecule has 2 amide bonds. The van der Waals surface area contributed by atoms with Crippen LogP contribution in [0.2, 0.25) is 0 Å². The topological polar surface area (TPSA) is 84.9 Å². The van der Waals surface area contributed by atoms with Crippen molar-refractivity contribution in [1.82, 2.24) is 10.2 Å². The smallest absolute Gasteiger partial charge is 0.410 e. The summed E-state index contributed by atoms with van der Waals surface area (Å²) >= 11 is 0. The Morgan fingerprint density at radius 3 is 2.43 bits per heavy atom. The average molecular weight is 326 g/mol. The highest BCUT2D eigenvalue weighted by Crippen LogP contribution is 2.33. The van der Waals surface area contributed by atoms with Gasteiger partial charge in [0.2, 0.25) is 5.91 Å². The number of nitrogens with zero attached hydrogens (tertiary/aromatic N) is 1. The number of ether oxygens (including phenoxy) is 2. The van der Waals surface area contributed by atoms with Crippen molar-refractivity contribution in [3.63, 3.8) is 0 Å². The number of carbonyl (C=O) groups excluding carboxylic acids is 3. The summed E-state index contributed by atoms with van der Waals surface area (Å²) in [6.07, 6.45) is 1.58. The Labute approximate surface area is 137 Å². The lowest BCUT2D eigenvalue weighted by Crippen LogP contribution is -2.60. The number of amides is 2. The third-order valence-corrected chi connectivity index (χ3v) is 3.63. The van der Waals surface area contributed by atoms with Crippen molar-refractivity contribution < 1.29 is 23.9 Å². The Bertz CT molecular complexity index is 497. The van der Waals surface area contributed by atoms with Gasteiger partial charge in [-0.05, 0) is 27.2 Å². The molecule has 1 heterocycles.